The van der Waals surface area contributed by atoms with Crippen LogP contribution in [-0.4, -0.2) is 27.2 Å². The highest BCUT2D eigenvalue weighted by Crippen LogP contribution is 2.26. The van der Waals surface area contributed by atoms with Gasteiger partial charge < -0.3 is 9.84 Å². The summed E-state index contributed by atoms with van der Waals surface area (Å²) in [6, 6.07) is 5.68. The zero-order valence-electron chi connectivity index (χ0n) is 11.5. The monoisotopic (exact) mass is 261 g/mol. The first-order chi connectivity index (χ1) is 9.17. The van der Waals surface area contributed by atoms with E-state index in [4.69, 9.17) is 4.74 Å². The third-order valence-electron chi connectivity index (χ3n) is 3.11. The minimum atomic E-state index is -0.740. The number of rotatable bonds is 5. The number of methoxy groups -OCH3 is 1. The molecule has 0 aliphatic carbocycles. The van der Waals surface area contributed by atoms with Gasteiger partial charge in [0.15, 0.2) is 0 Å². The fourth-order valence-corrected chi connectivity index (χ4v) is 2.04. The van der Waals surface area contributed by atoms with E-state index in [0.29, 0.717) is 5.69 Å². The van der Waals surface area contributed by atoms with Crippen molar-refractivity contribution in [2.45, 2.75) is 32.9 Å². The summed E-state index contributed by atoms with van der Waals surface area (Å²) in [4.78, 5) is 0. The van der Waals surface area contributed by atoms with Gasteiger partial charge in [0.25, 0.3) is 0 Å². The van der Waals surface area contributed by atoms with E-state index in [1.54, 1.807) is 18.0 Å². The van der Waals surface area contributed by atoms with Crippen molar-refractivity contribution in [3.63, 3.8) is 0 Å². The normalized spacial score (nSPS) is 12.4. The second kappa shape index (κ2) is 5.84. The van der Waals surface area contributed by atoms with E-state index in [-0.39, 0.29) is 0 Å². The molecule has 0 spiro atoms. The van der Waals surface area contributed by atoms with Crippen LogP contribution in [0.2, 0.25) is 0 Å². The summed E-state index contributed by atoms with van der Waals surface area (Å²) in [6.45, 7) is 4.78. The minimum Gasteiger partial charge on any atom is -0.496 e. The molecular weight excluding hydrogens is 242 g/mol. The molecule has 1 aromatic heterocycles. The van der Waals surface area contributed by atoms with Crippen LogP contribution >= 0.6 is 0 Å². The summed E-state index contributed by atoms with van der Waals surface area (Å²) in [7, 11) is 1.63. The molecule has 0 aliphatic heterocycles. The van der Waals surface area contributed by atoms with Crippen LogP contribution in [0.15, 0.2) is 24.4 Å². The molecule has 0 bridgehead atoms. The van der Waals surface area contributed by atoms with Crippen LogP contribution in [0.25, 0.3) is 0 Å². The molecular formula is C14H19N3O2. The number of nitrogens with zero attached hydrogens (tertiary/aromatic N) is 3. The van der Waals surface area contributed by atoms with E-state index >= 15 is 0 Å². The number of aliphatic hydroxyl groups is 1. The first kappa shape index (κ1) is 13.5. The number of benzene rings is 1. The lowest BCUT2D eigenvalue weighted by molar-refractivity contribution is 0.207. The maximum Gasteiger partial charge on any atom is 0.122 e. The Morgan fingerprint density at radius 1 is 1.42 bits per heavy atom. The Bertz CT molecular complexity index is 551. The molecule has 5 nitrogen and oxygen atoms in total. The van der Waals surface area contributed by atoms with Crippen molar-refractivity contribution in [2.75, 3.05) is 7.11 Å². The van der Waals surface area contributed by atoms with Gasteiger partial charge in [-0.25, -0.2) is 4.68 Å². The molecule has 0 amide bonds. The Morgan fingerprint density at radius 2 is 2.21 bits per heavy atom. The van der Waals surface area contributed by atoms with Crippen LogP contribution in [0, 0.1) is 6.92 Å². The van der Waals surface area contributed by atoms with Crippen LogP contribution < -0.4 is 4.74 Å². The highest BCUT2D eigenvalue weighted by molar-refractivity contribution is 5.39. The highest BCUT2D eigenvalue weighted by atomic mass is 16.5. The lowest BCUT2D eigenvalue weighted by Gasteiger charge is -2.14. The summed E-state index contributed by atoms with van der Waals surface area (Å²) < 4.78 is 7.01. The van der Waals surface area contributed by atoms with E-state index in [0.717, 1.165) is 29.8 Å². The van der Waals surface area contributed by atoms with Crippen molar-refractivity contribution in [3.8, 4) is 5.75 Å². The molecule has 5 heteroatoms. The zero-order valence-corrected chi connectivity index (χ0v) is 11.5. The fourth-order valence-electron chi connectivity index (χ4n) is 2.04. The number of ether oxygens (including phenoxy) is 1. The quantitative estimate of drug-likeness (QED) is 0.895. The van der Waals surface area contributed by atoms with Gasteiger partial charge in [-0.2, -0.15) is 0 Å². The SMILES string of the molecule is CCCn1nncc1C(O)c1ccc(C)c(OC)c1. The Kier molecular flexibility index (Phi) is 4.16. The molecule has 102 valence electrons. The van der Waals surface area contributed by atoms with Gasteiger partial charge in [-0.1, -0.05) is 24.3 Å². The average Bonchev–Trinajstić information content (AvgIpc) is 2.87. The highest BCUT2D eigenvalue weighted by Gasteiger charge is 2.17. The van der Waals surface area contributed by atoms with Gasteiger partial charge in [-0.15, -0.1) is 5.10 Å². The van der Waals surface area contributed by atoms with Crippen molar-refractivity contribution in [1.82, 2.24) is 15.0 Å². The predicted octanol–water partition coefficient (Wildman–Crippen LogP) is 2.09. The molecule has 1 aromatic carbocycles. The summed E-state index contributed by atoms with van der Waals surface area (Å²) in [5.41, 5.74) is 2.52. The summed E-state index contributed by atoms with van der Waals surface area (Å²) in [5, 5.41) is 18.3. The molecule has 0 saturated carbocycles. The van der Waals surface area contributed by atoms with Gasteiger partial charge in [0.1, 0.15) is 11.9 Å². The third-order valence-corrected chi connectivity index (χ3v) is 3.11. The molecule has 19 heavy (non-hydrogen) atoms. The predicted molar refractivity (Wildman–Crippen MR) is 72.1 cm³/mol. The Hall–Kier alpha value is -1.88. The standard InChI is InChI=1S/C14H19N3O2/c1-4-7-17-12(9-15-16-17)14(18)11-6-5-10(2)13(8-11)19-3/h5-6,8-9,14,18H,4,7H2,1-3H3. The van der Waals surface area contributed by atoms with Crippen molar-refractivity contribution in [3.05, 3.63) is 41.2 Å². The summed E-state index contributed by atoms with van der Waals surface area (Å²) in [6.07, 6.45) is 1.81. The first-order valence-corrected chi connectivity index (χ1v) is 6.38. The molecule has 0 aliphatic rings. The van der Waals surface area contributed by atoms with Gasteiger partial charge in [-0.05, 0) is 30.5 Å². The maximum atomic E-state index is 10.4. The molecule has 2 rings (SSSR count). The number of hydrogen-bond donors (Lipinski definition) is 1. The van der Waals surface area contributed by atoms with E-state index in [9.17, 15) is 5.11 Å². The molecule has 0 saturated heterocycles. The zero-order chi connectivity index (χ0) is 13.8. The molecule has 0 fully saturated rings. The Labute approximate surface area is 112 Å². The van der Waals surface area contributed by atoms with Crippen molar-refractivity contribution < 1.29 is 9.84 Å². The molecule has 1 atom stereocenters. The van der Waals surface area contributed by atoms with Crippen LogP contribution in [0.3, 0.4) is 0 Å². The van der Waals surface area contributed by atoms with Crippen LogP contribution in [0.4, 0.5) is 0 Å². The van der Waals surface area contributed by atoms with Gasteiger partial charge in [0.05, 0.1) is 19.0 Å². The average molecular weight is 261 g/mol. The minimum absolute atomic E-state index is 0.702. The van der Waals surface area contributed by atoms with Crippen LogP contribution in [0.1, 0.15) is 36.3 Å². The first-order valence-electron chi connectivity index (χ1n) is 6.38. The summed E-state index contributed by atoms with van der Waals surface area (Å²) in [5.74, 6) is 0.770. The lowest BCUT2D eigenvalue weighted by Crippen LogP contribution is -2.10. The summed E-state index contributed by atoms with van der Waals surface area (Å²) >= 11 is 0. The molecule has 1 unspecified atom stereocenters. The molecule has 1 N–H and O–H groups in total. The van der Waals surface area contributed by atoms with Gasteiger partial charge in [-0.3, -0.25) is 0 Å². The maximum absolute atomic E-state index is 10.4. The fraction of sp³-hybridized carbons (Fsp3) is 0.429. The number of aromatic nitrogens is 3. The largest absolute Gasteiger partial charge is 0.496 e. The lowest BCUT2D eigenvalue weighted by atomic mass is 10.0. The number of aryl methyl sites for hydroxylation is 2. The number of aliphatic hydroxyl groups excluding tert-OH is 1. The Balaban J connectivity index is 2.32. The van der Waals surface area contributed by atoms with E-state index in [1.807, 2.05) is 25.1 Å². The second-order valence-electron chi connectivity index (χ2n) is 4.51. The molecule has 0 radical (unpaired) electrons. The van der Waals surface area contributed by atoms with Gasteiger partial charge in [0, 0.05) is 6.54 Å². The smallest absolute Gasteiger partial charge is 0.122 e. The van der Waals surface area contributed by atoms with E-state index < -0.39 is 6.10 Å². The van der Waals surface area contributed by atoms with Crippen molar-refractivity contribution in [2.24, 2.45) is 0 Å². The van der Waals surface area contributed by atoms with Crippen molar-refractivity contribution >= 4 is 0 Å². The van der Waals surface area contributed by atoms with Crippen LogP contribution in [-0.2, 0) is 6.54 Å². The van der Waals surface area contributed by atoms with Gasteiger partial charge in [0.2, 0.25) is 0 Å². The van der Waals surface area contributed by atoms with E-state index in [2.05, 4.69) is 17.2 Å². The van der Waals surface area contributed by atoms with Gasteiger partial charge >= 0.3 is 0 Å². The third kappa shape index (κ3) is 2.76. The second-order valence-corrected chi connectivity index (χ2v) is 4.51. The topological polar surface area (TPSA) is 60.2 Å². The van der Waals surface area contributed by atoms with Crippen molar-refractivity contribution in [1.29, 1.82) is 0 Å². The Morgan fingerprint density at radius 3 is 2.89 bits per heavy atom. The molecule has 2 aromatic rings. The van der Waals surface area contributed by atoms with Crippen LogP contribution in [0.5, 0.6) is 5.75 Å². The number of hydrogen-bond acceptors (Lipinski definition) is 4. The van der Waals surface area contributed by atoms with E-state index in [1.165, 1.54) is 0 Å². The molecule has 1 heterocycles.